The van der Waals surface area contributed by atoms with Crippen molar-refractivity contribution in [2.75, 3.05) is 0 Å². The maximum absolute atomic E-state index is 8.06. The number of hydrogen-bond acceptors (Lipinski definition) is 2. The van der Waals surface area contributed by atoms with E-state index in [4.69, 9.17) is 8.33 Å². The van der Waals surface area contributed by atoms with Gasteiger partial charge in [0.25, 0.3) is 0 Å². The Morgan fingerprint density at radius 2 is 1.20 bits per heavy atom. The predicted octanol–water partition coefficient (Wildman–Crippen LogP) is -0.563. The van der Waals surface area contributed by atoms with E-state index in [0.29, 0.717) is 0 Å². The van der Waals surface area contributed by atoms with Gasteiger partial charge >= 0.3 is 29.7 Å². The van der Waals surface area contributed by atoms with E-state index < -0.39 is 0 Å². The van der Waals surface area contributed by atoms with Gasteiger partial charge in [-0.25, -0.2) is 0 Å². The van der Waals surface area contributed by atoms with E-state index in [2.05, 4.69) is 15.7 Å². The van der Waals surface area contributed by atoms with E-state index in [-0.39, 0.29) is 9.90 Å². The van der Waals surface area contributed by atoms with Gasteiger partial charge in [0.2, 0.25) is 0 Å². The molecule has 0 aliphatic carbocycles. The molecule has 33 valence electrons. The zero-order valence-corrected chi connectivity index (χ0v) is 5.81. The summed E-state index contributed by atoms with van der Waals surface area (Å²) in [5.41, 5.74) is 0. The summed E-state index contributed by atoms with van der Waals surface area (Å²) < 4.78 is 16.0. The van der Waals surface area contributed by atoms with Gasteiger partial charge in [-0.1, -0.05) is 0 Å². The minimum atomic E-state index is 0. The van der Waals surface area contributed by atoms with Crippen molar-refractivity contribution in [3.63, 3.8) is 0 Å². The van der Waals surface area contributed by atoms with Crippen molar-refractivity contribution in [2.45, 2.75) is 0 Å². The third kappa shape index (κ3) is 63.5. The summed E-state index contributed by atoms with van der Waals surface area (Å²) in [6, 6.07) is 0. The Morgan fingerprint density at radius 1 is 1.20 bits per heavy atom. The van der Waals surface area contributed by atoms with Crippen LogP contribution in [0.25, 0.3) is 0 Å². The van der Waals surface area contributed by atoms with E-state index in [0.717, 1.165) is 0 Å². The molecule has 0 rings (SSSR count). The fourth-order valence-corrected chi connectivity index (χ4v) is 0. The Labute approximate surface area is 44.6 Å². The van der Waals surface area contributed by atoms with Crippen LogP contribution in [0, 0.1) is 0 Å². The molecule has 1 unspecified atom stereocenters. The molecule has 0 saturated carbocycles. The molecule has 0 N–H and O–H groups in total. The van der Waals surface area contributed by atoms with Gasteiger partial charge in [0.1, 0.15) is 0 Å². The molecule has 0 saturated heterocycles. The van der Waals surface area contributed by atoms with Gasteiger partial charge in [-0.15, -0.1) is 0 Å². The summed E-state index contributed by atoms with van der Waals surface area (Å²) in [7, 11) is 1.72. The van der Waals surface area contributed by atoms with Crippen LogP contribution >= 0.6 is 9.90 Å². The molecule has 5 heavy (non-hydrogen) atoms. The van der Waals surface area contributed by atoms with Gasteiger partial charge in [0.05, 0.1) is 0 Å². The van der Waals surface area contributed by atoms with Crippen molar-refractivity contribution < 1.29 is 24.0 Å². The molecule has 0 amide bonds. The summed E-state index contributed by atoms with van der Waals surface area (Å²) in [5, 5.41) is 0. The molecule has 0 aromatic carbocycles. The Bertz CT molecular complexity index is 11.6. The summed E-state index contributed by atoms with van der Waals surface area (Å²) in [6.07, 6.45) is 0. The zero-order valence-electron chi connectivity index (χ0n) is 2.36. The molecule has 0 aliphatic heterocycles. The molecule has 0 aliphatic rings. The van der Waals surface area contributed by atoms with Crippen molar-refractivity contribution in [1.82, 2.24) is 0 Å². The van der Waals surface area contributed by atoms with Crippen LogP contribution in [0.1, 0.15) is 0 Å². The van der Waals surface area contributed by atoms with Gasteiger partial charge in [-0.05, 0) is 0 Å². The van der Waals surface area contributed by atoms with Crippen molar-refractivity contribution in [3.05, 3.63) is 0 Å². The third-order valence-corrected chi connectivity index (χ3v) is 0. The second-order valence-corrected chi connectivity index (χ2v) is 0. The van der Waals surface area contributed by atoms with Crippen molar-refractivity contribution in [2.24, 2.45) is 0 Å². The van der Waals surface area contributed by atoms with E-state index in [9.17, 15) is 0 Å². The Balaban J connectivity index is -0.0000000133. The summed E-state index contributed by atoms with van der Waals surface area (Å²) in [5.74, 6) is 0. The minimum absolute atomic E-state index is 0. The maximum atomic E-state index is 8.06. The zero-order chi connectivity index (χ0) is 4.00. The second-order valence-electron chi connectivity index (χ2n) is 0. The van der Waals surface area contributed by atoms with Gasteiger partial charge in [-0.3, -0.25) is 0 Å². The monoisotopic (exact) mass is 153 g/mol. The van der Waals surface area contributed by atoms with Crippen molar-refractivity contribution >= 4 is 20.0 Å². The molecule has 0 aromatic heterocycles. The SMILES string of the molecule is O=[Si].P.[O]=[Co]. The average Bonchev–Trinajstić information content (AvgIpc) is 1.50. The van der Waals surface area contributed by atoms with Crippen molar-refractivity contribution in [1.29, 1.82) is 0 Å². The Hall–Kier alpha value is 0.753. The molecular weight excluding hydrogens is 150 g/mol. The molecule has 0 fully saturated rings. The van der Waals surface area contributed by atoms with Crippen LogP contribution in [0.3, 0.4) is 0 Å². The standard InChI is InChI=1S/Co.OSi.O.H3P/c;1-2;;/h;;;1H3. The fraction of sp³-hybridized carbons (Fsp3) is 0. The van der Waals surface area contributed by atoms with Gasteiger partial charge in [0.15, 0.2) is 0 Å². The van der Waals surface area contributed by atoms with Crippen LogP contribution in [0.5, 0.6) is 0 Å². The molecule has 0 heterocycles. The van der Waals surface area contributed by atoms with E-state index in [1.54, 1.807) is 10.1 Å². The summed E-state index contributed by atoms with van der Waals surface area (Å²) in [4.78, 5) is 0. The van der Waals surface area contributed by atoms with Gasteiger partial charge < -0.3 is 4.46 Å². The summed E-state index contributed by atoms with van der Waals surface area (Å²) in [6.45, 7) is 0. The number of rotatable bonds is 0. The normalized spacial score (nSPS) is 1.80. The van der Waals surface area contributed by atoms with E-state index in [1.165, 1.54) is 0 Å². The van der Waals surface area contributed by atoms with Crippen molar-refractivity contribution in [3.8, 4) is 0 Å². The summed E-state index contributed by atoms with van der Waals surface area (Å²) >= 11 is 2.31. The van der Waals surface area contributed by atoms with E-state index in [1.807, 2.05) is 0 Å². The number of hydrogen-bond donors (Lipinski definition) is 0. The van der Waals surface area contributed by atoms with Gasteiger partial charge in [-0.2, -0.15) is 9.90 Å². The second kappa shape index (κ2) is 118. The molecular formula is H3CoO2PSi. The molecule has 2 radical (unpaired) electrons. The van der Waals surface area contributed by atoms with Crippen LogP contribution in [0.4, 0.5) is 0 Å². The van der Waals surface area contributed by atoms with Gasteiger partial charge in [0, 0.05) is 0 Å². The predicted molar refractivity (Wildman–Crippen MR) is 18.2 cm³/mol. The Kier molecular flexibility index (Phi) is 405. The average molecular weight is 153 g/mol. The molecule has 2 nitrogen and oxygen atoms in total. The fourth-order valence-electron chi connectivity index (χ4n) is 0. The first-order valence-electron chi connectivity index (χ1n) is 0.340. The molecule has 0 aromatic rings. The molecule has 0 bridgehead atoms. The third-order valence-electron chi connectivity index (χ3n) is 0. The molecule has 5 heteroatoms. The van der Waals surface area contributed by atoms with E-state index >= 15 is 0 Å². The van der Waals surface area contributed by atoms with Crippen LogP contribution in [0.2, 0.25) is 0 Å². The molecule has 0 spiro atoms. The first-order chi connectivity index (χ1) is 2.00. The Morgan fingerprint density at radius 3 is 1.20 bits per heavy atom. The molecule has 1 atom stereocenters. The van der Waals surface area contributed by atoms with Crippen LogP contribution in [-0.2, 0) is 24.0 Å². The van der Waals surface area contributed by atoms with Crippen LogP contribution < -0.4 is 0 Å². The van der Waals surface area contributed by atoms with Crippen LogP contribution in [-0.4, -0.2) is 10.1 Å². The van der Waals surface area contributed by atoms with Crippen LogP contribution in [0.15, 0.2) is 0 Å². The topological polar surface area (TPSA) is 34.1 Å². The first kappa shape index (κ1) is 17.1. The quantitative estimate of drug-likeness (QED) is 0.345. The first-order valence-corrected chi connectivity index (χ1v) is 1.17.